The molecule has 3 nitrogen and oxygen atoms in total. The van der Waals surface area contributed by atoms with Gasteiger partial charge in [0.1, 0.15) is 12.0 Å². The average molecular weight is 331 g/mol. The quantitative estimate of drug-likeness (QED) is 0.750. The Morgan fingerprint density at radius 1 is 1.22 bits per heavy atom. The zero-order valence-electron chi connectivity index (χ0n) is 12.4. The third kappa shape index (κ3) is 2.74. The van der Waals surface area contributed by atoms with Gasteiger partial charge in [-0.2, -0.15) is 0 Å². The number of rotatable bonds is 3. The fraction of sp³-hybridized carbons (Fsp3) is 0.222. The lowest BCUT2D eigenvalue weighted by Crippen LogP contribution is -2.31. The largest absolute Gasteiger partial charge is 0.358 e. The summed E-state index contributed by atoms with van der Waals surface area (Å²) in [6.07, 6.45) is 0.684. The number of aromatic nitrogens is 1. The van der Waals surface area contributed by atoms with Crippen LogP contribution in [0.5, 0.6) is 0 Å². The number of hydrogen-bond donors (Lipinski definition) is 2. The van der Waals surface area contributed by atoms with E-state index in [0.717, 1.165) is 29.4 Å². The van der Waals surface area contributed by atoms with E-state index in [2.05, 4.69) is 22.4 Å². The number of nitrogens with one attached hydrogen (secondary N) is 2. The van der Waals surface area contributed by atoms with Crippen molar-refractivity contribution in [2.45, 2.75) is 19.3 Å². The van der Waals surface area contributed by atoms with Crippen LogP contribution in [0, 0.1) is 5.82 Å². The molecular formula is C18H16ClFN2O. The maximum atomic E-state index is 13.9. The van der Waals surface area contributed by atoms with Crippen molar-refractivity contribution in [3.05, 3.63) is 70.1 Å². The van der Waals surface area contributed by atoms with Gasteiger partial charge in [-0.1, -0.05) is 35.9 Å². The highest BCUT2D eigenvalue weighted by Gasteiger charge is 2.25. The Hall–Kier alpha value is -1.88. The second-order valence-corrected chi connectivity index (χ2v) is 6.13. The second kappa shape index (κ2) is 5.96. The number of H-pyrrole nitrogens is 1. The van der Waals surface area contributed by atoms with Crippen molar-refractivity contribution in [3.8, 4) is 0 Å². The molecule has 2 heterocycles. The predicted molar refractivity (Wildman–Crippen MR) is 88.9 cm³/mol. The van der Waals surface area contributed by atoms with Gasteiger partial charge in [0.05, 0.1) is 6.61 Å². The Morgan fingerprint density at radius 3 is 2.96 bits per heavy atom. The van der Waals surface area contributed by atoms with Gasteiger partial charge in [0, 0.05) is 45.7 Å². The summed E-state index contributed by atoms with van der Waals surface area (Å²) in [5.74, 6) is -0.340. The van der Waals surface area contributed by atoms with Crippen LogP contribution in [0.4, 0.5) is 4.39 Å². The smallest absolute Gasteiger partial charge is 0.137 e. The van der Waals surface area contributed by atoms with E-state index in [0.29, 0.717) is 10.6 Å². The van der Waals surface area contributed by atoms with Crippen LogP contribution >= 0.6 is 11.6 Å². The molecule has 0 fully saturated rings. The van der Waals surface area contributed by atoms with Crippen LogP contribution in [0.3, 0.4) is 0 Å². The molecule has 118 valence electrons. The van der Waals surface area contributed by atoms with E-state index in [-0.39, 0.29) is 18.7 Å². The molecule has 5 heteroatoms. The summed E-state index contributed by atoms with van der Waals surface area (Å²) in [5.41, 5.74) is 3.92. The molecule has 0 saturated heterocycles. The van der Waals surface area contributed by atoms with Gasteiger partial charge in [-0.3, -0.25) is 5.32 Å². The Morgan fingerprint density at radius 2 is 2.09 bits per heavy atom. The number of hydrogen-bond acceptors (Lipinski definition) is 2. The van der Waals surface area contributed by atoms with E-state index in [4.69, 9.17) is 16.3 Å². The SMILES string of the molecule is Fc1cc(Cl)ccc1COC1NCCc2[nH]c3ccccc3c21. The molecule has 0 spiro atoms. The van der Waals surface area contributed by atoms with Crippen molar-refractivity contribution in [2.75, 3.05) is 6.54 Å². The van der Waals surface area contributed by atoms with Crippen LogP contribution in [0.1, 0.15) is 23.0 Å². The first-order valence-electron chi connectivity index (χ1n) is 7.61. The highest BCUT2D eigenvalue weighted by molar-refractivity contribution is 6.30. The van der Waals surface area contributed by atoms with Crippen LogP contribution in [0.15, 0.2) is 42.5 Å². The summed E-state index contributed by atoms with van der Waals surface area (Å²) in [7, 11) is 0. The lowest BCUT2D eigenvalue weighted by Gasteiger charge is -2.25. The zero-order chi connectivity index (χ0) is 15.8. The second-order valence-electron chi connectivity index (χ2n) is 5.69. The summed E-state index contributed by atoms with van der Waals surface area (Å²) in [4.78, 5) is 3.45. The van der Waals surface area contributed by atoms with E-state index >= 15 is 0 Å². The summed E-state index contributed by atoms with van der Waals surface area (Å²) < 4.78 is 19.9. The Kier molecular flexibility index (Phi) is 3.81. The molecule has 1 aliphatic heterocycles. The summed E-state index contributed by atoms with van der Waals surface area (Å²) in [5, 5.41) is 4.90. The molecule has 4 rings (SSSR count). The predicted octanol–water partition coefficient (Wildman–Crippen LogP) is 4.32. The molecule has 0 aliphatic carbocycles. The van der Waals surface area contributed by atoms with E-state index in [9.17, 15) is 4.39 Å². The first-order valence-corrected chi connectivity index (χ1v) is 7.98. The molecule has 2 N–H and O–H groups in total. The van der Waals surface area contributed by atoms with Crippen molar-refractivity contribution in [2.24, 2.45) is 0 Å². The molecule has 1 atom stereocenters. The summed E-state index contributed by atoms with van der Waals surface area (Å²) in [6, 6.07) is 12.8. The Labute approximate surface area is 138 Å². The first-order chi connectivity index (χ1) is 11.2. The van der Waals surface area contributed by atoms with Crippen molar-refractivity contribution >= 4 is 22.5 Å². The molecule has 3 aromatic rings. The van der Waals surface area contributed by atoms with Crippen LogP contribution in [-0.2, 0) is 17.8 Å². The van der Waals surface area contributed by atoms with E-state index in [1.807, 2.05) is 12.1 Å². The highest BCUT2D eigenvalue weighted by atomic mass is 35.5. The van der Waals surface area contributed by atoms with Crippen LogP contribution < -0.4 is 5.32 Å². The van der Waals surface area contributed by atoms with Crippen molar-refractivity contribution in [1.82, 2.24) is 10.3 Å². The highest BCUT2D eigenvalue weighted by Crippen LogP contribution is 2.32. The fourth-order valence-electron chi connectivity index (χ4n) is 3.10. The van der Waals surface area contributed by atoms with E-state index in [1.54, 1.807) is 12.1 Å². The van der Waals surface area contributed by atoms with Gasteiger partial charge >= 0.3 is 0 Å². The molecule has 1 aliphatic rings. The maximum absolute atomic E-state index is 13.9. The van der Waals surface area contributed by atoms with Crippen LogP contribution in [0.2, 0.25) is 5.02 Å². The minimum Gasteiger partial charge on any atom is -0.358 e. The molecule has 0 amide bonds. The lowest BCUT2D eigenvalue weighted by molar-refractivity contribution is 0.0117. The van der Waals surface area contributed by atoms with Gasteiger partial charge in [-0.05, 0) is 18.2 Å². The number of benzene rings is 2. The number of ether oxygens (including phenoxy) is 1. The Balaban J connectivity index is 1.62. The van der Waals surface area contributed by atoms with Crippen molar-refractivity contribution in [1.29, 1.82) is 0 Å². The zero-order valence-corrected chi connectivity index (χ0v) is 13.2. The summed E-state index contributed by atoms with van der Waals surface area (Å²) >= 11 is 5.79. The normalized spacial score (nSPS) is 17.4. The van der Waals surface area contributed by atoms with E-state index < -0.39 is 0 Å². The fourth-order valence-corrected chi connectivity index (χ4v) is 3.26. The molecular weight excluding hydrogens is 315 g/mol. The molecule has 0 saturated carbocycles. The van der Waals surface area contributed by atoms with Gasteiger partial charge < -0.3 is 9.72 Å². The van der Waals surface area contributed by atoms with Crippen LogP contribution in [-0.4, -0.2) is 11.5 Å². The summed E-state index contributed by atoms with van der Waals surface area (Å²) in [6.45, 7) is 1.02. The molecule has 2 aromatic carbocycles. The molecule has 1 aromatic heterocycles. The van der Waals surface area contributed by atoms with Crippen molar-refractivity contribution in [3.63, 3.8) is 0 Å². The average Bonchev–Trinajstić information content (AvgIpc) is 2.93. The molecule has 0 bridgehead atoms. The minimum absolute atomic E-state index is 0.194. The lowest BCUT2D eigenvalue weighted by atomic mass is 10.0. The maximum Gasteiger partial charge on any atom is 0.137 e. The monoisotopic (exact) mass is 330 g/mol. The molecule has 1 unspecified atom stereocenters. The number of aromatic amines is 1. The third-order valence-electron chi connectivity index (χ3n) is 4.22. The molecule has 23 heavy (non-hydrogen) atoms. The number of fused-ring (bicyclic) bond motifs is 3. The van der Waals surface area contributed by atoms with E-state index in [1.165, 1.54) is 11.8 Å². The van der Waals surface area contributed by atoms with Crippen molar-refractivity contribution < 1.29 is 9.13 Å². The third-order valence-corrected chi connectivity index (χ3v) is 4.45. The van der Waals surface area contributed by atoms with Gasteiger partial charge in [-0.15, -0.1) is 0 Å². The number of halogens is 2. The van der Waals surface area contributed by atoms with Gasteiger partial charge in [0.15, 0.2) is 0 Å². The first kappa shape index (κ1) is 14.7. The van der Waals surface area contributed by atoms with Gasteiger partial charge in [0.2, 0.25) is 0 Å². The minimum atomic E-state index is -0.340. The topological polar surface area (TPSA) is 37.0 Å². The standard InChI is InChI=1S/C18H16ClFN2O/c19-12-6-5-11(14(20)9-12)10-23-18-17-13-3-1-2-4-15(13)22-16(17)7-8-21-18/h1-6,9,18,21-22H,7-8,10H2. The van der Waals surface area contributed by atoms with Crippen LogP contribution in [0.25, 0.3) is 10.9 Å². The van der Waals surface area contributed by atoms with Gasteiger partial charge in [-0.25, -0.2) is 4.39 Å². The number of para-hydroxylation sites is 1. The van der Waals surface area contributed by atoms with Gasteiger partial charge in [0.25, 0.3) is 0 Å². The Bertz CT molecular complexity index is 861. The molecule has 0 radical (unpaired) electrons.